The summed E-state index contributed by atoms with van der Waals surface area (Å²) in [6.45, 7) is 2.43. The van der Waals surface area contributed by atoms with Crippen LogP contribution >= 0.6 is 0 Å². The van der Waals surface area contributed by atoms with E-state index in [1.54, 1.807) is 30.3 Å². The van der Waals surface area contributed by atoms with Gasteiger partial charge in [-0.05, 0) is 36.8 Å². The molecule has 1 aliphatic heterocycles. The summed E-state index contributed by atoms with van der Waals surface area (Å²) in [6.07, 6.45) is 1.36. The number of benzene rings is 1. The summed E-state index contributed by atoms with van der Waals surface area (Å²) in [4.78, 5) is 24.3. The van der Waals surface area contributed by atoms with Crippen LogP contribution in [0.1, 0.15) is 29.1 Å². The minimum atomic E-state index is -0.726. The molecule has 23 heavy (non-hydrogen) atoms. The maximum atomic E-state index is 12.5. The predicted octanol–water partition coefficient (Wildman–Crippen LogP) is 2.54. The third kappa shape index (κ3) is 2.70. The average molecular weight is 313 g/mol. The molecule has 0 aliphatic carbocycles. The van der Waals surface area contributed by atoms with Gasteiger partial charge in [0.15, 0.2) is 11.5 Å². The lowest BCUT2D eigenvalue weighted by Gasteiger charge is -2.14. The van der Waals surface area contributed by atoms with Gasteiger partial charge in [0.1, 0.15) is 5.75 Å². The Labute approximate surface area is 132 Å². The van der Waals surface area contributed by atoms with E-state index >= 15 is 0 Å². The van der Waals surface area contributed by atoms with Crippen LogP contribution in [0.4, 0.5) is 0 Å². The fourth-order valence-electron chi connectivity index (χ4n) is 2.48. The molecule has 1 amide bonds. The smallest absolute Gasteiger partial charge is 0.287 e. The van der Waals surface area contributed by atoms with Crippen LogP contribution in [0.5, 0.6) is 5.75 Å². The summed E-state index contributed by atoms with van der Waals surface area (Å²) < 4.78 is 10.4. The molecule has 6 nitrogen and oxygen atoms in total. The molecule has 118 valence electrons. The van der Waals surface area contributed by atoms with Crippen molar-refractivity contribution in [3.63, 3.8) is 0 Å². The van der Waals surface area contributed by atoms with Crippen molar-refractivity contribution in [1.29, 1.82) is 0 Å². The number of rotatable bonds is 5. The molecule has 0 fully saturated rings. The molecule has 3 rings (SSSR count). The minimum Gasteiger partial charge on any atom is -0.503 e. The molecular formula is C17H15NO5. The number of aliphatic hydroxyl groups excluding tert-OH is 1. The maximum Gasteiger partial charge on any atom is 0.287 e. The Bertz CT molecular complexity index is 759. The van der Waals surface area contributed by atoms with Crippen molar-refractivity contribution in [1.82, 2.24) is 5.32 Å². The van der Waals surface area contributed by atoms with Gasteiger partial charge in [0, 0.05) is 0 Å². The number of carbonyl (C=O) groups excluding carboxylic acids is 2. The first-order valence-electron chi connectivity index (χ1n) is 7.16. The Morgan fingerprint density at radius 2 is 2.04 bits per heavy atom. The molecule has 1 aromatic heterocycles. The average Bonchev–Trinajstić information content (AvgIpc) is 3.18. The first kappa shape index (κ1) is 14.9. The number of hydrogen-bond donors (Lipinski definition) is 2. The lowest BCUT2D eigenvalue weighted by Crippen LogP contribution is -2.23. The highest BCUT2D eigenvalue weighted by molar-refractivity contribution is 6.14. The van der Waals surface area contributed by atoms with E-state index in [1.807, 2.05) is 6.92 Å². The van der Waals surface area contributed by atoms with Crippen molar-refractivity contribution in [3.8, 4) is 5.75 Å². The predicted molar refractivity (Wildman–Crippen MR) is 81.2 cm³/mol. The minimum absolute atomic E-state index is 0.0193. The standard InChI is InChI=1S/C17H15NO5/c1-2-22-11-7-5-10(6-8-11)14-13(16(20)17(21)18-14)15(19)12-4-3-9-23-12/h3-9,14,20H,2H2,1H3,(H,18,21)/t14-/m1/s1. The van der Waals surface area contributed by atoms with Crippen LogP contribution in [0, 0.1) is 0 Å². The number of amides is 1. The highest BCUT2D eigenvalue weighted by atomic mass is 16.5. The highest BCUT2D eigenvalue weighted by Gasteiger charge is 2.38. The van der Waals surface area contributed by atoms with Crippen LogP contribution in [0.15, 0.2) is 58.4 Å². The topological polar surface area (TPSA) is 88.8 Å². The number of carbonyl (C=O) groups is 2. The van der Waals surface area contributed by atoms with Crippen molar-refractivity contribution >= 4 is 11.7 Å². The van der Waals surface area contributed by atoms with Crippen molar-refractivity contribution in [2.24, 2.45) is 0 Å². The normalized spacial score (nSPS) is 17.3. The monoisotopic (exact) mass is 313 g/mol. The van der Waals surface area contributed by atoms with E-state index < -0.39 is 23.5 Å². The fraction of sp³-hybridized carbons (Fsp3) is 0.176. The van der Waals surface area contributed by atoms with E-state index in [4.69, 9.17) is 9.15 Å². The molecule has 6 heteroatoms. The number of ketones is 1. The first-order chi connectivity index (χ1) is 11.1. The van der Waals surface area contributed by atoms with Gasteiger partial charge in [0.2, 0.25) is 5.78 Å². The third-order valence-electron chi connectivity index (χ3n) is 3.55. The zero-order valence-corrected chi connectivity index (χ0v) is 12.4. The molecule has 0 spiro atoms. The van der Waals surface area contributed by atoms with Crippen molar-refractivity contribution < 1.29 is 23.8 Å². The number of aliphatic hydroxyl groups is 1. The van der Waals surface area contributed by atoms with Gasteiger partial charge >= 0.3 is 0 Å². The lowest BCUT2D eigenvalue weighted by molar-refractivity contribution is -0.119. The van der Waals surface area contributed by atoms with E-state index in [-0.39, 0.29) is 11.3 Å². The van der Waals surface area contributed by atoms with Gasteiger partial charge in [-0.15, -0.1) is 0 Å². The lowest BCUT2D eigenvalue weighted by atomic mass is 9.96. The van der Waals surface area contributed by atoms with Gasteiger partial charge in [-0.3, -0.25) is 9.59 Å². The second-order valence-corrected chi connectivity index (χ2v) is 4.98. The highest BCUT2D eigenvalue weighted by Crippen LogP contribution is 2.32. The van der Waals surface area contributed by atoms with Gasteiger partial charge in [-0.25, -0.2) is 0 Å². The molecular weight excluding hydrogens is 298 g/mol. The Kier molecular flexibility index (Phi) is 3.89. The van der Waals surface area contributed by atoms with Crippen molar-refractivity contribution in [3.05, 3.63) is 65.3 Å². The van der Waals surface area contributed by atoms with E-state index in [1.165, 1.54) is 12.3 Å². The van der Waals surface area contributed by atoms with Crippen LogP contribution in [0.25, 0.3) is 0 Å². The molecule has 2 N–H and O–H groups in total. The summed E-state index contributed by atoms with van der Waals surface area (Å²) in [6, 6.07) is 9.30. The second kappa shape index (κ2) is 6.00. The Morgan fingerprint density at radius 1 is 1.30 bits per heavy atom. The first-order valence-corrected chi connectivity index (χ1v) is 7.16. The molecule has 1 aromatic carbocycles. The number of Topliss-reactive ketones (excluding diaryl/α,β-unsaturated/α-hetero) is 1. The fourth-order valence-corrected chi connectivity index (χ4v) is 2.48. The van der Waals surface area contributed by atoms with Crippen LogP contribution in [-0.2, 0) is 4.79 Å². The van der Waals surface area contributed by atoms with E-state index in [9.17, 15) is 14.7 Å². The van der Waals surface area contributed by atoms with Crippen LogP contribution < -0.4 is 10.1 Å². The maximum absolute atomic E-state index is 12.5. The molecule has 1 aliphatic rings. The van der Waals surface area contributed by atoms with Crippen molar-refractivity contribution in [2.75, 3.05) is 6.61 Å². The number of nitrogens with one attached hydrogen (secondary N) is 1. The molecule has 2 aromatic rings. The zero-order valence-electron chi connectivity index (χ0n) is 12.4. The van der Waals surface area contributed by atoms with Gasteiger partial charge in [-0.2, -0.15) is 0 Å². The molecule has 2 heterocycles. The van der Waals surface area contributed by atoms with E-state index in [0.29, 0.717) is 17.9 Å². The van der Waals surface area contributed by atoms with Gasteiger partial charge < -0.3 is 19.6 Å². The number of furan rings is 1. The summed E-state index contributed by atoms with van der Waals surface area (Å²) >= 11 is 0. The van der Waals surface area contributed by atoms with Crippen LogP contribution in [-0.4, -0.2) is 23.4 Å². The summed E-state index contributed by atoms with van der Waals surface area (Å²) in [5.74, 6) is -1.03. The Morgan fingerprint density at radius 3 is 2.65 bits per heavy atom. The molecule has 0 radical (unpaired) electrons. The van der Waals surface area contributed by atoms with Gasteiger partial charge in [-0.1, -0.05) is 12.1 Å². The zero-order chi connectivity index (χ0) is 16.4. The number of hydrogen-bond acceptors (Lipinski definition) is 5. The van der Waals surface area contributed by atoms with Crippen molar-refractivity contribution in [2.45, 2.75) is 13.0 Å². The summed E-state index contributed by atoms with van der Waals surface area (Å²) in [5.41, 5.74) is 0.648. The largest absolute Gasteiger partial charge is 0.503 e. The quantitative estimate of drug-likeness (QED) is 0.828. The van der Waals surface area contributed by atoms with E-state index in [0.717, 1.165) is 0 Å². The third-order valence-corrected chi connectivity index (χ3v) is 3.55. The second-order valence-electron chi connectivity index (χ2n) is 4.98. The Balaban J connectivity index is 1.95. The van der Waals surface area contributed by atoms with Gasteiger partial charge in [0.25, 0.3) is 5.91 Å². The molecule has 1 atom stereocenters. The molecule has 0 saturated carbocycles. The summed E-state index contributed by atoms with van der Waals surface area (Å²) in [5, 5.41) is 12.6. The molecule has 0 unspecified atom stereocenters. The van der Waals surface area contributed by atoms with Crippen LogP contribution in [0.2, 0.25) is 0 Å². The molecule has 0 saturated heterocycles. The Hall–Kier alpha value is -3.02. The van der Waals surface area contributed by atoms with Crippen LogP contribution in [0.3, 0.4) is 0 Å². The number of ether oxygens (including phenoxy) is 1. The van der Waals surface area contributed by atoms with E-state index in [2.05, 4.69) is 5.32 Å². The molecule has 0 bridgehead atoms. The van der Waals surface area contributed by atoms with Gasteiger partial charge in [0.05, 0.1) is 24.5 Å². The summed E-state index contributed by atoms with van der Waals surface area (Å²) in [7, 11) is 0. The SMILES string of the molecule is CCOc1ccc([C@H]2NC(=O)C(O)=C2C(=O)c2ccco2)cc1.